The molecule has 6 rings (SSSR count). The van der Waals surface area contributed by atoms with Gasteiger partial charge in [0.2, 0.25) is 0 Å². The lowest BCUT2D eigenvalue weighted by Gasteiger charge is -2.41. The Kier molecular flexibility index (Phi) is 7.79. The van der Waals surface area contributed by atoms with Crippen molar-refractivity contribution in [2.75, 3.05) is 32.7 Å². The van der Waals surface area contributed by atoms with Crippen LogP contribution in [0.2, 0.25) is 0 Å². The fourth-order valence-corrected chi connectivity index (χ4v) is 5.89. The van der Waals surface area contributed by atoms with Crippen LogP contribution in [0.5, 0.6) is 0 Å². The first kappa shape index (κ1) is 26.1. The third-order valence-electron chi connectivity index (χ3n) is 8.00. The highest BCUT2D eigenvalue weighted by atomic mass is 15.6. The quantitative estimate of drug-likeness (QED) is 0.319. The molecule has 1 aliphatic carbocycles. The zero-order valence-electron chi connectivity index (χ0n) is 23.2. The third-order valence-corrected chi connectivity index (χ3v) is 8.00. The average molecular weight is 533 g/mol. The number of hydrogen-bond donors (Lipinski definition) is 0. The van der Waals surface area contributed by atoms with Gasteiger partial charge in [0.25, 0.3) is 0 Å². The van der Waals surface area contributed by atoms with Crippen molar-refractivity contribution in [2.45, 2.75) is 26.3 Å². The molecule has 0 saturated carbocycles. The Morgan fingerprint density at radius 3 is 2.48 bits per heavy atom. The summed E-state index contributed by atoms with van der Waals surface area (Å²) < 4.78 is 4.04. The second-order valence-electron chi connectivity index (χ2n) is 10.6. The zero-order valence-corrected chi connectivity index (χ0v) is 23.2. The highest BCUT2D eigenvalue weighted by molar-refractivity contribution is 5.58. The van der Waals surface area contributed by atoms with E-state index in [9.17, 15) is 0 Å². The molecule has 0 amide bonds. The largest absolute Gasteiger partial charge is 0.307 e. The Labute approximate surface area is 236 Å². The lowest BCUT2D eigenvalue weighted by atomic mass is 9.89. The van der Waals surface area contributed by atoms with Crippen LogP contribution in [-0.2, 0) is 0 Å². The molecular formula is C32H36N8. The number of para-hydroxylation sites is 1. The van der Waals surface area contributed by atoms with Crippen LogP contribution < -0.4 is 0 Å². The van der Waals surface area contributed by atoms with Crippen molar-refractivity contribution in [1.29, 1.82) is 0 Å². The van der Waals surface area contributed by atoms with Crippen molar-refractivity contribution >= 4 is 11.8 Å². The van der Waals surface area contributed by atoms with Gasteiger partial charge < -0.3 is 4.57 Å². The number of imidazole rings is 1. The van der Waals surface area contributed by atoms with Crippen LogP contribution in [0.4, 0.5) is 0 Å². The maximum atomic E-state index is 4.66. The lowest BCUT2D eigenvalue weighted by molar-refractivity contribution is 0.0786. The molecule has 2 atom stereocenters. The van der Waals surface area contributed by atoms with Crippen LogP contribution in [-0.4, -0.2) is 72.3 Å². The Balaban J connectivity index is 1.24. The highest BCUT2D eigenvalue weighted by Gasteiger charge is 2.35. The van der Waals surface area contributed by atoms with Crippen LogP contribution in [0.15, 0.2) is 91.6 Å². The van der Waals surface area contributed by atoms with Gasteiger partial charge >= 0.3 is 0 Å². The molecule has 1 saturated heterocycles. The van der Waals surface area contributed by atoms with Crippen LogP contribution in [0.1, 0.15) is 35.0 Å². The van der Waals surface area contributed by atoms with Gasteiger partial charge in [0.1, 0.15) is 0 Å². The fourth-order valence-electron chi connectivity index (χ4n) is 5.89. The molecule has 204 valence electrons. The summed E-state index contributed by atoms with van der Waals surface area (Å²) in [4.78, 5) is 9.32. The minimum Gasteiger partial charge on any atom is -0.307 e. The van der Waals surface area contributed by atoms with Crippen LogP contribution in [0.25, 0.3) is 17.5 Å². The Morgan fingerprint density at radius 2 is 1.77 bits per heavy atom. The van der Waals surface area contributed by atoms with E-state index in [1.807, 2.05) is 23.4 Å². The van der Waals surface area contributed by atoms with Gasteiger partial charge in [-0.3, -0.25) is 9.80 Å². The Morgan fingerprint density at radius 1 is 0.975 bits per heavy atom. The van der Waals surface area contributed by atoms with Gasteiger partial charge in [0.05, 0.1) is 18.1 Å². The normalized spacial score (nSPS) is 19.2. The van der Waals surface area contributed by atoms with E-state index in [0.717, 1.165) is 56.4 Å². The number of allylic oxidation sites excluding steroid dienone is 3. The van der Waals surface area contributed by atoms with E-state index in [1.54, 1.807) is 0 Å². The molecule has 0 spiro atoms. The number of aromatic nitrogens is 6. The standard InChI is InChI=1S/C32H36N8/c1-25-8-6-9-26(2)30(25)40-32(34-35-36-40)31(28-13-15-29(16-14-28)39-19-17-33-24-39)38-22-20-37(21-23-38)18-7-12-27-10-4-3-5-11-27/h3-13,15-17,19,24,28,31H,14,18,20-23H2,1-2H3/b12-7+/t28?,31-/m0/s1. The molecule has 1 unspecified atom stereocenters. The van der Waals surface area contributed by atoms with E-state index in [2.05, 4.69) is 128 Å². The predicted molar refractivity (Wildman–Crippen MR) is 159 cm³/mol. The zero-order chi connectivity index (χ0) is 27.3. The number of rotatable bonds is 8. The van der Waals surface area contributed by atoms with Crippen molar-refractivity contribution in [3.05, 3.63) is 114 Å². The molecule has 1 fully saturated rings. The maximum absolute atomic E-state index is 4.66. The summed E-state index contributed by atoms with van der Waals surface area (Å²) in [6.45, 7) is 9.16. The van der Waals surface area contributed by atoms with E-state index in [0.29, 0.717) is 0 Å². The number of aryl methyl sites for hydroxylation is 2. The molecule has 1 aliphatic heterocycles. The van der Waals surface area contributed by atoms with Crippen LogP contribution >= 0.6 is 0 Å². The summed E-state index contributed by atoms with van der Waals surface area (Å²) >= 11 is 0. The number of tetrazole rings is 1. The van der Waals surface area contributed by atoms with E-state index in [1.165, 1.54) is 16.7 Å². The summed E-state index contributed by atoms with van der Waals surface area (Å²) in [5, 5.41) is 13.4. The number of benzene rings is 2. The molecule has 0 radical (unpaired) electrons. The molecule has 2 aliphatic rings. The van der Waals surface area contributed by atoms with Gasteiger partial charge in [-0.1, -0.05) is 72.8 Å². The van der Waals surface area contributed by atoms with E-state index >= 15 is 0 Å². The second-order valence-corrected chi connectivity index (χ2v) is 10.6. The highest BCUT2D eigenvalue weighted by Crippen LogP contribution is 2.36. The summed E-state index contributed by atoms with van der Waals surface area (Å²) in [6.07, 6.45) is 17.9. The molecule has 0 bridgehead atoms. The molecule has 0 N–H and O–H groups in total. The first-order chi connectivity index (χ1) is 19.7. The minimum absolute atomic E-state index is 0.0628. The van der Waals surface area contributed by atoms with E-state index in [4.69, 9.17) is 0 Å². The molecule has 2 aromatic carbocycles. The summed E-state index contributed by atoms with van der Waals surface area (Å²) in [5.74, 6) is 1.16. The third kappa shape index (κ3) is 5.59. The molecule has 2 aromatic heterocycles. The lowest BCUT2D eigenvalue weighted by Crippen LogP contribution is -2.49. The second kappa shape index (κ2) is 11.9. The SMILES string of the molecule is Cc1cccc(C)c1-n1nnnc1[C@H](C1C=CC(n2ccnc2)=CC1)N1CCN(C/C=C/c2ccccc2)CC1. The molecule has 4 aromatic rings. The van der Waals surface area contributed by atoms with Gasteiger partial charge in [-0.05, 0) is 53.5 Å². The van der Waals surface area contributed by atoms with Gasteiger partial charge in [-0.2, -0.15) is 4.68 Å². The number of piperazine rings is 1. The maximum Gasteiger partial charge on any atom is 0.174 e. The monoisotopic (exact) mass is 532 g/mol. The number of nitrogens with zero attached hydrogens (tertiary/aromatic N) is 8. The summed E-state index contributed by atoms with van der Waals surface area (Å²) in [5.41, 5.74) is 5.81. The van der Waals surface area contributed by atoms with Gasteiger partial charge in [0.15, 0.2) is 5.82 Å². The van der Waals surface area contributed by atoms with Gasteiger partial charge in [-0.25, -0.2) is 4.98 Å². The van der Waals surface area contributed by atoms with Crippen molar-refractivity contribution in [3.63, 3.8) is 0 Å². The number of hydrogen-bond acceptors (Lipinski definition) is 6. The predicted octanol–water partition coefficient (Wildman–Crippen LogP) is 4.96. The summed E-state index contributed by atoms with van der Waals surface area (Å²) in [7, 11) is 0. The Hall–Kier alpha value is -4.14. The first-order valence-corrected chi connectivity index (χ1v) is 14.1. The van der Waals surface area contributed by atoms with Gasteiger partial charge in [0, 0.05) is 56.7 Å². The Bertz CT molecular complexity index is 1470. The molecule has 3 heterocycles. The van der Waals surface area contributed by atoms with Crippen molar-refractivity contribution < 1.29 is 0 Å². The van der Waals surface area contributed by atoms with Crippen molar-refractivity contribution in [3.8, 4) is 5.69 Å². The topological polar surface area (TPSA) is 67.9 Å². The minimum atomic E-state index is 0.0628. The van der Waals surface area contributed by atoms with Crippen molar-refractivity contribution in [1.82, 2.24) is 39.6 Å². The fraction of sp³-hybridized carbons (Fsp3) is 0.312. The van der Waals surface area contributed by atoms with Crippen LogP contribution in [0.3, 0.4) is 0 Å². The summed E-state index contributed by atoms with van der Waals surface area (Å²) in [6, 6.07) is 16.9. The smallest absolute Gasteiger partial charge is 0.174 e. The van der Waals surface area contributed by atoms with E-state index < -0.39 is 0 Å². The molecular weight excluding hydrogens is 496 g/mol. The first-order valence-electron chi connectivity index (χ1n) is 14.1. The molecule has 8 heteroatoms. The van der Waals surface area contributed by atoms with Crippen molar-refractivity contribution in [2.24, 2.45) is 5.92 Å². The molecule has 8 nitrogen and oxygen atoms in total. The molecule has 40 heavy (non-hydrogen) atoms. The van der Waals surface area contributed by atoms with Gasteiger partial charge in [-0.15, -0.1) is 5.10 Å². The van der Waals surface area contributed by atoms with E-state index in [-0.39, 0.29) is 12.0 Å². The van der Waals surface area contributed by atoms with Crippen LogP contribution in [0, 0.1) is 19.8 Å². The average Bonchev–Trinajstić information content (AvgIpc) is 3.69.